The highest BCUT2D eigenvalue weighted by atomic mass is 16.1. The van der Waals surface area contributed by atoms with E-state index in [9.17, 15) is 4.79 Å². The first-order chi connectivity index (χ1) is 7.83. The van der Waals surface area contributed by atoms with E-state index in [1.54, 1.807) is 24.4 Å². The molecule has 0 atom stereocenters. The Labute approximate surface area is 93.0 Å². The van der Waals surface area contributed by atoms with E-state index in [0.29, 0.717) is 17.5 Å². The Hall–Kier alpha value is -2.47. The van der Waals surface area contributed by atoms with Crippen LogP contribution in [0.1, 0.15) is 16.1 Å². The minimum Gasteiger partial charge on any atom is -0.296 e. The molecular formula is C13H8N2O. The van der Waals surface area contributed by atoms with Gasteiger partial charge >= 0.3 is 0 Å². The topological polar surface area (TPSA) is 53.8 Å². The summed E-state index contributed by atoms with van der Waals surface area (Å²) in [5.74, 6) is 0. The van der Waals surface area contributed by atoms with Crippen LogP contribution in [0.25, 0.3) is 11.1 Å². The number of aromatic nitrogens is 1. The van der Waals surface area contributed by atoms with Crippen molar-refractivity contribution in [3.8, 4) is 17.2 Å². The highest BCUT2D eigenvalue weighted by molar-refractivity contribution is 5.76. The summed E-state index contributed by atoms with van der Waals surface area (Å²) < 4.78 is 0. The lowest BCUT2D eigenvalue weighted by molar-refractivity contribution is 0.111. The van der Waals surface area contributed by atoms with Crippen LogP contribution >= 0.6 is 0 Å². The molecule has 76 valence electrons. The maximum absolute atomic E-state index is 10.6. The van der Waals surface area contributed by atoms with Crippen LogP contribution in [0, 0.1) is 11.3 Å². The van der Waals surface area contributed by atoms with Crippen molar-refractivity contribution in [2.45, 2.75) is 0 Å². The molecule has 1 aromatic carbocycles. The van der Waals surface area contributed by atoms with Crippen LogP contribution in [0.15, 0.2) is 42.6 Å². The van der Waals surface area contributed by atoms with E-state index in [1.807, 2.05) is 18.2 Å². The predicted molar refractivity (Wildman–Crippen MR) is 59.8 cm³/mol. The standard InChI is InChI=1S/C13H8N2O/c14-8-10-1-3-11(4-2-10)12-5-6-15-13(7-12)9-16/h1-7,9H. The van der Waals surface area contributed by atoms with Gasteiger partial charge in [-0.15, -0.1) is 0 Å². The van der Waals surface area contributed by atoms with Gasteiger partial charge in [0.25, 0.3) is 0 Å². The molecular weight excluding hydrogens is 200 g/mol. The van der Waals surface area contributed by atoms with Crippen LogP contribution in [0.3, 0.4) is 0 Å². The molecule has 0 fully saturated rings. The van der Waals surface area contributed by atoms with E-state index in [4.69, 9.17) is 5.26 Å². The number of hydrogen-bond acceptors (Lipinski definition) is 3. The molecule has 0 saturated carbocycles. The Morgan fingerprint density at radius 1 is 1.12 bits per heavy atom. The van der Waals surface area contributed by atoms with E-state index in [-0.39, 0.29) is 0 Å². The third-order valence-electron chi connectivity index (χ3n) is 2.25. The van der Waals surface area contributed by atoms with Crippen molar-refractivity contribution in [3.05, 3.63) is 53.9 Å². The second-order valence-corrected chi connectivity index (χ2v) is 3.28. The monoisotopic (exact) mass is 208 g/mol. The molecule has 3 nitrogen and oxygen atoms in total. The molecule has 0 amide bonds. The maximum Gasteiger partial charge on any atom is 0.168 e. The van der Waals surface area contributed by atoms with E-state index in [0.717, 1.165) is 11.1 Å². The number of hydrogen-bond donors (Lipinski definition) is 0. The molecule has 0 bridgehead atoms. The average Bonchev–Trinajstić information content (AvgIpc) is 2.39. The quantitative estimate of drug-likeness (QED) is 0.712. The fourth-order valence-electron chi connectivity index (χ4n) is 1.43. The van der Waals surface area contributed by atoms with Gasteiger partial charge < -0.3 is 0 Å². The summed E-state index contributed by atoms with van der Waals surface area (Å²) in [5.41, 5.74) is 2.90. The Balaban J connectivity index is 2.42. The van der Waals surface area contributed by atoms with E-state index < -0.39 is 0 Å². The molecule has 0 unspecified atom stereocenters. The highest BCUT2D eigenvalue weighted by Crippen LogP contribution is 2.19. The molecule has 0 saturated heterocycles. The number of aldehydes is 1. The van der Waals surface area contributed by atoms with Gasteiger partial charge in [-0.25, -0.2) is 0 Å². The van der Waals surface area contributed by atoms with Gasteiger partial charge in [0.15, 0.2) is 6.29 Å². The van der Waals surface area contributed by atoms with Crippen molar-refractivity contribution in [2.24, 2.45) is 0 Å². The summed E-state index contributed by atoms with van der Waals surface area (Å²) in [7, 11) is 0. The first-order valence-electron chi connectivity index (χ1n) is 4.75. The summed E-state index contributed by atoms with van der Waals surface area (Å²) in [6, 6.07) is 12.8. The Kier molecular flexibility index (Phi) is 2.75. The number of carbonyl (C=O) groups is 1. The Morgan fingerprint density at radius 2 is 1.88 bits per heavy atom. The van der Waals surface area contributed by atoms with Gasteiger partial charge in [-0.3, -0.25) is 9.78 Å². The predicted octanol–water partition coefficient (Wildman–Crippen LogP) is 2.43. The van der Waals surface area contributed by atoms with Crippen molar-refractivity contribution in [2.75, 3.05) is 0 Å². The molecule has 16 heavy (non-hydrogen) atoms. The number of rotatable bonds is 2. The lowest BCUT2D eigenvalue weighted by Gasteiger charge is -2.01. The van der Waals surface area contributed by atoms with E-state index in [1.165, 1.54) is 0 Å². The lowest BCUT2D eigenvalue weighted by Crippen LogP contribution is -1.87. The smallest absolute Gasteiger partial charge is 0.168 e. The van der Waals surface area contributed by atoms with Crippen molar-refractivity contribution in [3.63, 3.8) is 0 Å². The molecule has 2 rings (SSSR count). The van der Waals surface area contributed by atoms with Crippen LogP contribution in [0.2, 0.25) is 0 Å². The Bertz CT molecular complexity index is 553. The zero-order valence-corrected chi connectivity index (χ0v) is 8.42. The third-order valence-corrected chi connectivity index (χ3v) is 2.25. The normalized spacial score (nSPS) is 9.44. The second-order valence-electron chi connectivity index (χ2n) is 3.28. The fraction of sp³-hybridized carbons (Fsp3) is 0. The molecule has 0 radical (unpaired) electrons. The van der Waals surface area contributed by atoms with Crippen LogP contribution in [-0.4, -0.2) is 11.3 Å². The number of benzene rings is 1. The van der Waals surface area contributed by atoms with Crippen molar-refractivity contribution in [1.82, 2.24) is 4.98 Å². The maximum atomic E-state index is 10.6. The second kappa shape index (κ2) is 4.37. The first kappa shape index (κ1) is 10.1. The Morgan fingerprint density at radius 3 is 2.50 bits per heavy atom. The van der Waals surface area contributed by atoms with Crippen molar-refractivity contribution < 1.29 is 4.79 Å². The molecule has 1 heterocycles. The van der Waals surface area contributed by atoms with Gasteiger partial charge in [0.05, 0.1) is 11.6 Å². The van der Waals surface area contributed by atoms with Crippen LogP contribution in [0.4, 0.5) is 0 Å². The van der Waals surface area contributed by atoms with Gasteiger partial charge in [-0.2, -0.15) is 5.26 Å². The first-order valence-corrected chi connectivity index (χ1v) is 4.75. The van der Waals surface area contributed by atoms with Gasteiger partial charge in [-0.05, 0) is 35.4 Å². The molecule has 0 N–H and O–H groups in total. The van der Waals surface area contributed by atoms with Gasteiger partial charge in [0.1, 0.15) is 5.69 Å². The van der Waals surface area contributed by atoms with Gasteiger partial charge in [0.2, 0.25) is 0 Å². The lowest BCUT2D eigenvalue weighted by atomic mass is 10.0. The molecule has 0 aliphatic carbocycles. The molecule has 0 aliphatic rings. The molecule has 2 aromatic rings. The van der Waals surface area contributed by atoms with E-state index in [2.05, 4.69) is 11.1 Å². The molecule has 0 aliphatic heterocycles. The summed E-state index contributed by atoms with van der Waals surface area (Å²) in [4.78, 5) is 14.5. The molecule has 3 heteroatoms. The summed E-state index contributed by atoms with van der Waals surface area (Å²) in [6.07, 6.45) is 2.31. The summed E-state index contributed by atoms with van der Waals surface area (Å²) in [5, 5.41) is 8.67. The highest BCUT2D eigenvalue weighted by Gasteiger charge is 1.99. The zero-order valence-electron chi connectivity index (χ0n) is 8.42. The minimum absolute atomic E-state index is 0.404. The number of nitriles is 1. The zero-order chi connectivity index (χ0) is 11.4. The fourth-order valence-corrected chi connectivity index (χ4v) is 1.43. The molecule has 1 aromatic heterocycles. The van der Waals surface area contributed by atoms with Crippen molar-refractivity contribution >= 4 is 6.29 Å². The van der Waals surface area contributed by atoms with Crippen LogP contribution < -0.4 is 0 Å². The van der Waals surface area contributed by atoms with E-state index >= 15 is 0 Å². The largest absolute Gasteiger partial charge is 0.296 e. The average molecular weight is 208 g/mol. The number of pyridine rings is 1. The van der Waals surface area contributed by atoms with Crippen LogP contribution in [-0.2, 0) is 0 Å². The SMILES string of the molecule is N#Cc1ccc(-c2ccnc(C=O)c2)cc1. The third kappa shape index (κ3) is 1.96. The summed E-state index contributed by atoms with van der Waals surface area (Å²) >= 11 is 0. The van der Waals surface area contributed by atoms with Crippen molar-refractivity contribution in [1.29, 1.82) is 5.26 Å². The van der Waals surface area contributed by atoms with Gasteiger partial charge in [0, 0.05) is 6.20 Å². The number of carbonyl (C=O) groups excluding carboxylic acids is 1. The molecule has 0 spiro atoms. The minimum atomic E-state index is 0.404. The van der Waals surface area contributed by atoms with Gasteiger partial charge in [-0.1, -0.05) is 12.1 Å². The van der Waals surface area contributed by atoms with Crippen LogP contribution in [0.5, 0.6) is 0 Å². The summed E-state index contributed by atoms with van der Waals surface area (Å²) in [6.45, 7) is 0. The number of nitrogens with zero attached hydrogens (tertiary/aromatic N) is 2.